The second kappa shape index (κ2) is 8.47. The van der Waals surface area contributed by atoms with Crippen LogP contribution in [-0.2, 0) is 4.74 Å². The first kappa shape index (κ1) is 20.4. The minimum atomic E-state index is -0.279. The average Bonchev–Trinajstić information content (AvgIpc) is 3.36. The molecule has 1 aliphatic heterocycles. The normalized spacial score (nSPS) is 14.8. The van der Waals surface area contributed by atoms with Crippen molar-refractivity contribution in [2.45, 2.75) is 39.7 Å². The number of thiophene rings is 1. The number of piperidine rings is 1. The molecule has 0 spiro atoms. The number of pyridine rings is 1. The fourth-order valence-corrected chi connectivity index (χ4v) is 5.18. The lowest BCUT2D eigenvalue weighted by Crippen LogP contribution is -2.46. The molecule has 1 N–H and O–H groups in total. The van der Waals surface area contributed by atoms with E-state index in [1.54, 1.807) is 11.8 Å². The molecule has 0 aliphatic carbocycles. The Bertz CT molecular complexity index is 1070. The Morgan fingerprint density at radius 1 is 1.23 bits per heavy atom. The van der Waals surface area contributed by atoms with E-state index in [0.29, 0.717) is 37.4 Å². The molecule has 0 aromatic carbocycles. The highest BCUT2D eigenvalue weighted by atomic mass is 32.1. The number of aryl methyl sites for hydroxylation is 2. The molecule has 8 heteroatoms. The van der Waals surface area contributed by atoms with Gasteiger partial charge in [0.25, 0.3) is 5.91 Å². The van der Waals surface area contributed by atoms with Crippen molar-refractivity contribution in [2.24, 2.45) is 0 Å². The number of amides is 2. The van der Waals surface area contributed by atoms with Crippen LogP contribution in [0.5, 0.6) is 0 Å². The topological polar surface area (TPSA) is 76.5 Å². The molecule has 0 saturated carbocycles. The van der Waals surface area contributed by atoms with E-state index in [9.17, 15) is 9.59 Å². The van der Waals surface area contributed by atoms with E-state index >= 15 is 0 Å². The molecular formula is C22H26N4O3S. The van der Waals surface area contributed by atoms with Gasteiger partial charge in [-0.1, -0.05) is 0 Å². The third kappa shape index (κ3) is 3.92. The monoisotopic (exact) mass is 426 g/mol. The zero-order chi connectivity index (χ0) is 21.3. The summed E-state index contributed by atoms with van der Waals surface area (Å²) in [4.78, 5) is 33.1. The lowest BCUT2D eigenvalue weighted by molar-refractivity contribution is 0.0863. The largest absolute Gasteiger partial charge is 0.450 e. The summed E-state index contributed by atoms with van der Waals surface area (Å²) >= 11 is 1.43. The summed E-state index contributed by atoms with van der Waals surface area (Å²) in [6.07, 6.45) is 5.05. The first-order valence-corrected chi connectivity index (χ1v) is 11.1. The fraction of sp³-hybridized carbons (Fsp3) is 0.409. The van der Waals surface area contributed by atoms with Crippen molar-refractivity contribution in [3.63, 3.8) is 0 Å². The second-order valence-corrected chi connectivity index (χ2v) is 8.56. The Hall–Kier alpha value is -2.87. The van der Waals surface area contributed by atoms with E-state index in [2.05, 4.69) is 23.3 Å². The van der Waals surface area contributed by atoms with Gasteiger partial charge in [0.2, 0.25) is 0 Å². The SMILES string of the molecule is CCOC(=O)N1CCC(NC(=O)c2sc3nc(C)cc(C)c3c2-n2cccc2)CC1. The quantitative estimate of drug-likeness (QED) is 0.683. The number of carbonyl (C=O) groups excluding carboxylic acids is 2. The maximum Gasteiger partial charge on any atom is 0.409 e. The zero-order valence-corrected chi connectivity index (χ0v) is 18.3. The van der Waals surface area contributed by atoms with E-state index < -0.39 is 0 Å². The highest BCUT2D eigenvalue weighted by Gasteiger charge is 2.27. The van der Waals surface area contributed by atoms with Crippen LogP contribution in [0.3, 0.4) is 0 Å². The average molecular weight is 427 g/mol. The van der Waals surface area contributed by atoms with Crippen LogP contribution in [0, 0.1) is 13.8 Å². The Morgan fingerprint density at radius 3 is 2.60 bits per heavy atom. The Kier molecular flexibility index (Phi) is 5.76. The zero-order valence-electron chi connectivity index (χ0n) is 17.5. The summed E-state index contributed by atoms with van der Waals surface area (Å²) < 4.78 is 7.06. The molecule has 3 aromatic rings. The summed E-state index contributed by atoms with van der Waals surface area (Å²) in [6, 6.07) is 5.98. The van der Waals surface area contributed by atoms with Crippen LogP contribution in [-0.4, -0.2) is 52.2 Å². The molecule has 0 atom stereocenters. The van der Waals surface area contributed by atoms with E-state index in [-0.39, 0.29) is 18.0 Å². The highest BCUT2D eigenvalue weighted by molar-refractivity contribution is 7.21. The number of carbonyl (C=O) groups is 2. The molecule has 0 unspecified atom stereocenters. The van der Waals surface area contributed by atoms with Gasteiger partial charge in [-0.3, -0.25) is 4.79 Å². The predicted molar refractivity (Wildman–Crippen MR) is 118 cm³/mol. The highest BCUT2D eigenvalue weighted by Crippen LogP contribution is 2.36. The summed E-state index contributed by atoms with van der Waals surface area (Å²) in [5.74, 6) is -0.0895. The van der Waals surface area contributed by atoms with Gasteiger partial charge in [0, 0.05) is 42.6 Å². The number of likely N-dealkylation sites (tertiary alicyclic amines) is 1. The molecule has 1 aliphatic rings. The minimum Gasteiger partial charge on any atom is -0.450 e. The van der Waals surface area contributed by atoms with Crippen LogP contribution < -0.4 is 5.32 Å². The number of nitrogens with zero attached hydrogens (tertiary/aromatic N) is 3. The molecule has 4 heterocycles. The van der Waals surface area contributed by atoms with Crippen molar-refractivity contribution in [3.05, 3.63) is 46.7 Å². The van der Waals surface area contributed by atoms with Gasteiger partial charge in [-0.15, -0.1) is 11.3 Å². The smallest absolute Gasteiger partial charge is 0.409 e. The molecule has 1 fully saturated rings. The molecule has 0 bridgehead atoms. The van der Waals surface area contributed by atoms with Gasteiger partial charge < -0.3 is 19.5 Å². The lowest BCUT2D eigenvalue weighted by Gasteiger charge is -2.31. The van der Waals surface area contributed by atoms with Crippen LogP contribution in [0.25, 0.3) is 15.9 Å². The van der Waals surface area contributed by atoms with Crippen LogP contribution >= 0.6 is 11.3 Å². The molecule has 1 saturated heterocycles. The van der Waals surface area contributed by atoms with Gasteiger partial charge in [0.1, 0.15) is 9.71 Å². The molecule has 2 amide bonds. The summed E-state index contributed by atoms with van der Waals surface area (Å²) in [5, 5.41) is 4.19. The van der Waals surface area contributed by atoms with E-state index in [1.807, 2.05) is 36.0 Å². The number of fused-ring (bicyclic) bond motifs is 1. The standard InChI is InChI=1S/C22H26N4O3S/c1-4-29-22(28)26-11-7-16(8-12-26)24-20(27)19-18(25-9-5-6-10-25)17-14(2)13-15(3)23-21(17)30-19/h5-6,9-10,13,16H,4,7-8,11-12H2,1-3H3,(H,24,27). The Labute approximate surface area is 179 Å². The van der Waals surface area contributed by atoms with Gasteiger partial charge in [-0.05, 0) is 57.4 Å². The molecule has 3 aromatic heterocycles. The van der Waals surface area contributed by atoms with Gasteiger partial charge in [-0.25, -0.2) is 9.78 Å². The maximum atomic E-state index is 13.3. The minimum absolute atomic E-state index is 0.0293. The van der Waals surface area contributed by atoms with Crippen LogP contribution in [0.4, 0.5) is 4.79 Å². The summed E-state index contributed by atoms with van der Waals surface area (Å²) in [5.41, 5.74) is 2.93. The van der Waals surface area contributed by atoms with Crippen molar-refractivity contribution < 1.29 is 14.3 Å². The molecule has 7 nitrogen and oxygen atoms in total. The Morgan fingerprint density at radius 2 is 1.93 bits per heavy atom. The first-order valence-electron chi connectivity index (χ1n) is 10.2. The third-order valence-corrected chi connectivity index (χ3v) is 6.46. The van der Waals surface area contributed by atoms with Crippen molar-refractivity contribution >= 4 is 33.6 Å². The number of ether oxygens (including phenoxy) is 1. The van der Waals surface area contributed by atoms with Crippen molar-refractivity contribution in [3.8, 4) is 5.69 Å². The molecule has 0 radical (unpaired) electrons. The molecule has 4 rings (SSSR count). The van der Waals surface area contributed by atoms with Gasteiger partial charge >= 0.3 is 6.09 Å². The van der Waals surface area contributed by atoms with Gasteiger partial charge in [0.15, 0.2) is 0 Å². The number of nitrogens with one attached hydrogen (secondary N) is 1. The molecular weight excluding hydrogens is 400 g/mol. The summed E-state index contributed by atoms with van der Waals surface area (Å²) in [6.45, 7) is 7.37. The van der Waals surface area contributed by atoms with E-state index in [4.69, 9.17) is 4.74 Å². The van der Waals surface area contributed by atoms with Crippen molar-refractivity contribution in [2.75, 3.05) is 19.7 Å². The van der Waals surface area contributed by atoms with Crippen LogP contribution in [0.15, 0.2) is 30.6 Å². The van der Waals surface area contributed by atoms with Gasteiger partial charge in [-0.2, -0.15) is 0 Å². The van der Waals surface area contributed by atoms with E-state index in [0.717, 1.165) is 27.2 Å². The van der Waals surface area contributed by atoms with E-state index in [1.165, 1.54) is 11.3 Å². The predicted octanol–water partition coefficient (Wildman–Crippen LogP) is 4.05. The van der Waals surface area contributed by atoms with Crippen LogP contribution in [0.2, 0.25) is 0 Å². The number of rotatable bonds is 4. The number of hydrogen-bond donors (Lipinski definition) is 1. The van der Waals surface area contributed by atoms with Gasteiger partial charge in [0.05, 0.1) is 12.3 Å². The van der Waals surface area contributed by atoms with Crippen molar-refractivity contribution in [1.29, 1.82) is 0 Å². The number of aromatic nitrogens is 2. The summed E-state index contributed by atoms with van der Waals surface area (Å²) in [7, 11) is 0. The maximum absolute atomic E-state index is 13.3. The van der Waals surface area contributed by atoms with Crippen LogP contribution in [0.1, 0.15) is 40.7 Å². The first-order chi connectivity index (χ1) is 14.5. The second-order valence-electron chi connectivity index (χ2n) is 7.56. The third-order valence-electron chi connectivity index (χ3n) is 5.39. The Balaban J connectivity index is 1.58. The fourth-order valence-electron chi connectivity index (χ4n) is 3.98. The number of hydrogen-bond acceptors (Lipinski definition) is 5. The molecule has 158 valence electrons. The van der Waals surface area contributed by atoms with Crippen molar-refractivity contribution in [1.82, 2.24) is 19.8 Å². The lowest BCUT2D eigenvalue weighted by atomic mass is 10.1. The molecule has 30 heavy (non-hydrogen) atoms.